The number of imidazole rings is 1. The van der Waals surface area contributed by atoms with Crippen LogP contribution < -0.4 is 11.1 Å². The minimum atomic E-state index is -0.243. The number of hydrogen-bond acceptors (Lipinski definition) is 3. The zero-order valence-corrected chi connectivity index (χ0v) is 10.6. The Labute approximate surface area is 108 Å². The first-order valence-electron chi connectivity index (χ1n) is 5.80. The first-order chi connectivity index (χ1) is 9.08. The van der Waals surface area contributed by atoms with Crippen molar-refractivity contribution in [3.8, 4) is 5.69 Å². The second-order valence-electron chi connectivity index (χ2n) is 4.42. The maximum atomic E-state index is 12.4. The molecule has 3 heterocycles. The van der Waals surface area contributed by atoms with E-state index in [0.717, 1.165) is 5.69 Å². The molecular weight excluding hydrogens is 244 g/mol. The van der Waals surface area contributed by atoms with E-state index in [1.165, 1.54) is 8.97 Å². The summed E-state index contributed by atoms with van der Waals surface area (Å²) < 4.78 is 4.45. The van der Waals surface area contributed by atoms with Crippen molar-refractivity contribution in [3.63, 3.8) is 0 Å². The fraction of sp³-hybridized carbons (Fsp3) is 0.154. The number of rotatable bonds is 1. The minimum Gasteiger partial charge on any atom is -0.315 e. The van der Waals surface area contributed by atoms with Crippen LogP contribution in [-0.2, 0) is 7.05 Å². The van der Waals surface area contributed by atoms with E-state index in [2.05, 4.69) is 4.98 Å². The second-order valence-corrected chi connectivity index (χ2v) is 4.42. The van der Waals surface area contributed by atoms with Crippen molar-refractivity contribution in [2.75, 3.05) is 0 Å². The molecule has 0 radical (unpaired) electrons. The molecule has 0 aliphatic rings. The summed E-state index contributed by atoms with van der Waals surface area (Å²) in [5, 5.41) is 0. The summed E-state index contributed by atoms with van der Waals surface area (Å²) in [4.78, 5) is 28.4. The van der Waals surface area contributed by atoms with E-state index < -0.39 is 0 Å². The SMILES string of the molecule is Cc1cn(-c2ccc3c(=O)n(C)ccn3c2=O)cn1. The quantitative estimate of drug-likeness (QED) is 0.636. The molecule has 0 aromatic carbocycles. The van der Waals surface area contributed by atoms with Gasteiger partial charge in [0.2, 0.25) is 0 Å². The first-order valence-corrected chi connectivity index (χ1v) is 5.80. The third-order valence-electron chi connectivity index (χ3n) is 3.07. The lowest BCUT2D eigenvalue weighted by Crippen LogP contribution is -2.26. The van der Waals surface area contributed by atoms with E-state index in [9.17, 15) is 9.59 Å². The molecule has 3 aromatic rings. The topological polar surface area (TPSA) is 61.3 Å². The molecule has 96 valence electrons. The molecule has 0 aliphatic heterocycles. The van der Waals surface area contributed by atoms with Crippen LogP contribution in [0.2, 0.25) is 0 Å². The predicted molar refractivity (Wildman–Crippen MR) is 70.8 cm³/mol. The van der Waals surface area contributed by atoms with Crippen molar-refractivity contribution in [3.05, 3.63) is 63.5 Å². The Morgan fingerprint density at radius 2 is 1.89 bits per heavy atom. The third kappa shape index (κ3) is 1.69. The van der Waals surface area contributed by atoms with Crippen LogP contribution in [0.15, 0.2) is 46.6 Å². The lowest BCUT2D eigenvalue weighted by Gasteiger charge is -2.06. The Kier molecular flexibility index (Phi) is 2.38. The average molecular weight is 256 g/mol. The maximum Gasteiger partial charge on any atom is 0.279 e. The fourth-order valence-corrected chi connectivity index (χ4v) is 2.03. The van der Waals surface area contributed by atoms with E-state index >= 15 is 0 Å². The summed E-state index contributed by atoms with van der Waals surface area (Å²) >= 11 is 0. The Morgan fingerprint density at radius 1 is 1.11 bits per heavy atom. The number of pyridine rings is 1. The summed E-state index contributed by atoms with van der Waals surface area (Å²) in [6, 6.07) is 3.29. The third-order valence-corrected chi connectivity index (χ3v) is 3.07. The van der Waals surface area contributed by atoms with Crippen LogP contribution in [0.3, 0.4) is 0 Å². The Bertz CT molecular complexity index is 886. The zero-order valence-electron chi connectivity index (χ0n) is 10.6. The van der Waals surface area contributed by atoms with Gasteiger partial charge in [0.05, 0.1) is 12.0 Å². The highest BCUT2D eigenvalue weighted by atomic mass is 16.1. The lowest BCUT2D eigenvalue weighted by atomic mass is 10.3. The zero-order chi connectivity index (χ0) is 13.6. The van der Waals surface area contributed by atoms with E-state index in [-0.39, 0.29) is 11.1 Å². The van der Waals surface area contributed by atoms with Gasteiger partial charge in [0, 0.05) is 25.6 Å². The standard InChI is InChI=1S/C13H12N4O2/c1-9-7-16(8-14-9)10-3-4-11-12(18)15(2)5-6-17(11)13(10)19/h3-8H,1-2H3. The van der Waals surface area contributed by atoms with Crippen LogP contribution in [0.5, 0.6) is 0 Å². The van der Waals surface area contributed by atoms with Gasteiger partial charge in [-0.05, 0) is 19.1 Å². The van der Waals surface area contributed by atoms with Gasteiger partial charge < -0.3 is 9.13 Å². The van der Waals surface area contributed by atoms with Gasteiger partial charge in [-0.3, -0.25) is 14.0 Å². The van der Waals surface area contributed by atoms with Gasteiger partial charge in [0.25, 0.3) is 11.1 Å². The van der Waals surface area contributed by atoms with Crippen LogP contribution in [0.25, 0.3) is 11.2 Å². The molecule has 19 heavy (non-hydrogen) atoms. The summed E-state index contributed by atoms with van der Waals surface area (Å²) in [5.41, 5.74) is 1.20. The number of aryl methyl sites for hydroxylation is 2. The molecule has 0 N–H and O–H groups in total. The van der Waals surface area contributed by atoms with E-state index in [1.807, 2.05) is 6.92 Å². The van der Waals surface area contributed by atoms with Gasteiger partial charge in [0.1, 0.15) is 11.2 Å². The molecule has 0 fully saturated rings. The Hall–Kier alpha value is -2.63. The molecule has 6 heteroatoms. The summed E-state index contributed by atoms with van der Waals surface area (Å²) in [5.74, 6) is 0. The van der Waals surface area contributed by atoms with Crippen molar-refractivity contribution in [1.82, 2.24) is 18.5 Å². The van der Waals surface area contributed by atoms with Crippen molar-refractivity contribution in [2.45, 2.75) is 6.92 Å². The highest BCUT2D eigenvalue weighted by Crippen LogP contribution is 2.04. The molecule has 0 atom stereocenters. The molecule has 0 aliphatic carbocycles. The fourth-order valence-electron chi connectivity index (χ4n) is 2.03. The molecule has 0 spiro atoms. The van der Waals surface area contributed by atoms with Gasteiger partial charge in [-0.1, -0.05) is 0 Å². The Balaban J connectivity index is 2.37. The molecule has 6 nitrogen and oxygen atoms in total. The van der Waals surface area contributed by atoms with E-state index in [4.69, 9.17) is 0 Å². The molecule has 0 saturated heterocycles. The number of hydrogen-bond donors (Lipinski definition) is 0. The van der Waals surface area contributed by atoms with Crippen molar-refractivity contribution in [1.29, 1.82) is 0 Å². The molecule has 3 aromatic heterocycles. The van der Waals surface area contributed by atoms with Crippen molar-refractivity contribution in [2.24, 2.45) is 7.05 Å². The van der Waals surface area contributed by atoms with Crippen molar-refractivity contribution < 1.29 is 0 Å². The predicted octanol–water partition coefficient (Wildman–Crippen LogP) is 0.492. The van der Waals surface area contributed by atoms with Gasteiger partial charge in [-0.25, -0.2) is 4.98 Å². The maximum absolute atomic E-state index is 12.4. The first kappa shape index (κ1) is 11.5. The molecule has 0 bridgehead atoms. The van der Waals surface area contributed by atoms with Crippen LogP contribution in [-0.4, -0.2) is 18.5 Å². The number of fused-ring (bicyclic) bond motifs is 1. The minimum absolute atomic E-state index is 0.201. The van der Waals surface area contributed by atoms with E-state index in [1.54, 1.807) is 48.7 Å². The normalized spacial score (nSPS) is 11.1. The highest BCUT2D eigenvalue weighted by Gasteiger charge is 2.08. The van der Waals surface area contributed by atoms with Gasteiger partial charge in [-0.15, -0.1) is 0 Å². The van der Waals surface area contributed by atoms with Crippen molar-refractivity contribution >= 4 is 5.52 Å². The summed E-state index contributed by atoms with van der Waals surface area (Å²) in [6.45, 7) is 1.85. The molecule has 0 unspecified atom stereocenters. The average Bonchev–Trinajstić information content (AvgIpc) is 2.81. The van der Waals surface area contributed by atoms with Gasteiger partial charge in [0.15, 0.2) is 0 Å². The number of nitrogens with zero attached hydrogens (tertiary/aromatic N) is 4. The summed E-state index contributed by atoms with van der Waals surface area (Å²) in [6.07, 6.45) is 6.51. The van der Waals surface area contributed by atoms with Crippen LogP contribution >= 0.6 is 0 Å². The number of aromatic nitrogens is 4. The molecule has 0 saturated carbocycles. The highest BCUT2D eigenvalue weighted by molar-refractivity contribution is 5.48. The summed E-state index contributed by atoms with van der Waals surface area (Å²) in [7, 11) is 1.65. The van der Waals surface area contributed by atoms with Gasteiger partial charge >= 0.3 is 0 Å². The molecule has 0 amide bonds. The Morgan fingerprint density at radius 3 is 2.58 bits per heavy atom. The lowest BCUT2D eigenvalue weighted by molar-refractivity contribution is 0.834. The van der Waals surface area contributed by atoms with E-state index in [0.29, 0.717) is 11.2 Å². The molecule has 3 rings (SSSR count). The van der Waals surface area contributed by atoms with Crippen LogP contribution in [0.1, 0.15) is 5.69 Å². The molecular formula is C13H12N4O2. The van der Waals surface area contributed by atoms with Crippen LogP contribution in [0, 0.1) is 6.92 Å². The van der Waals surface area contributed by atoms with Crippen LogP contribution in [0.4, 0.5) is 0 Å². The monoisotopic (exact) mass is 256 g/mol. The van der Waals surface area contributed by atoms with Gasteiger partial charge in [-0.2, -0.15) is 0 Å². The largest absolute Gasteiger partial charge is 0.315 e. The smallest absolute Gasteiger partial charge is 0.279 e. The second kappa shape index (κ2) is 3.94.